The van der Waals surface area contributed by atoms with E-state index in [1.807, 2.05) is 11.8 Å². The average molecular weight is 208 g/mol. The Balaban J connectivity index is 2.08. The van der Waals surface area contributed by atoms with Crippen LogP contribution in [0.25, 0.3) is 0 Å². The quantitative estimate of drug-likeness (QED) is 0.552. The van der Waals surface area contributed by atoms with E-state index in [1.54, 1.807) is 0 Å². The average Bonchev–Trinajstić information content (AvgIpc) is 2.30. The number of likely N-dealkylation sites (tertiary alicyclic amines) is 1. The first-order valence-corrected chi connectivity index (χ1v) is 5.72. The van der Waals surface area contributed by atoms with Gasteiger partial charge in [-0.15, -0.1) is 5.92 Å². The number of hydrogen-bond acceptors (Lipinski definition) is 2. The van der Waals surface area contributed by atoms with Crippen LogP contribution in [-0.2, 0) is 4.79 Å². The van der Waals surface area contributed by atoms with E-state index in [9.17, 15) is 4.79 Å². The topological polar surface area (TPSA) is 32.3 Å². The second-order valence-electron chi connectivity index (χ2n) is 3.80. The largest absolute Gasteiger partial charge is 0.343 e. The maximum Gasteiger partial charge on any atom is 0.223 e. The summed E-state index contributed by atoms with van der Waals surface area (Å²) >= 11 is 0. The van der Waals surface area contributed by atoms with Gasteiger partial charge in [-0.2, -0.15) is 0 Å². The third-order valence-corrected chi connectivity index (χ3v) is 2.61. The number of nitrogens with zero attached hydrogens (tertiary/aromatic N) is 1. The standard InChI is InChI=1S/C12H20N2O/c1-2-3-8-13-9-7-12(15)14-10-5-4-6-11-14/h13H,4-11H2,1H3. The summed E-state index contributed by atoms with van der Waals surface area (Å²) in [4.78, 5) is 13.7. The lowest BCUT2D eigenvalue weighted by molar-refractivity contribution is -0.131. The second kappa shape index (κ2) is 7.30. The molecular weight excluding hydrogens is 188 g/mol. The molecule has 0 aromatic heterocycles. The van der Waals surface area contributed by atoms with Crippen molar-refractivity contribution in [2.45, 2.75) is 32.6 Å². The molecule has 3 nitrogen and oxygen atoms in total. The molecule has 0 bridgehead atoms. The van der Waals surface area contributed by atoms with E-state index < -0.39 is 0 Å². The van der Waals surface area contributed by atoms with Crippen molar-refractivity contribution in [3.8, 4) is 11.8 Å². The van der Waals surface area contributed by atoms with Gasteiger partial charge in [-0.1, -0.05) is 5.92 Å². The molecule has 1 rings (SSSR count). The molecule has 0 radical (unpaired) electrons. The minimum atomic E-state index is 0.284. The summed E-state index contributed by atoms with van der Waals surface area (Å²) in [5, 5.41) is 3.14. The van der Waals surface area contributed by atoms with Gasteiger partial charge in [0.2, 0.25) is 5.91 Å². The molecule has 1 fully saturated rings. The number of nitrogens with one attached hydrogen (secondary N) is 1. The zero-order chi connectivity index (χ0) is 10.9. The van der Waals surface area contributed by atoms with Gasteiger partial charge in [0.1, 0.15) is 0 Å². The van der Waals surface area contributed by atoms with Crippen LogP contribution < -0.4 is 5.32 Å². The number of piperidine rings is 1. The fourth-order valence-electron chi connectivity index (χ4n) is 1.74. The smallest absolute Gasteiger partial charge is 0.223 e. The van der Waals surface area contributed by atoms with Crippen molar-refractivity contribution in [3.05, 3.63) is 0 Å². The minimum absolute atomic E-state index is 0.284. The van der Waals surface area contributed by atoms with E-state index >= 15 is 0 Å². The third kappa shape index (κ3) is 4.85. The highest BCUT2D eigenvalue weighted by atomic mass is 16.2. The van der Waals surface area contributed by atoms with Gasteiger partial charge >= 0.3 is 0 Å². The second-order valence-corrected chi connectivity index (χ2v) is 3.80. The first kappa shape index (κ1) is 12.1. The number of rotatable bonds is 4. The van der Waals surface area contributed by atoms with E-state index in [1.165, 1.54) is 19.3 Å². The summed E-state index contributed by atoms with van der Waals surface area (Å²) in [5.74, 6) is 6.01. The van der Waals surface area contributed by atoms with Gasteiger partial charge in [-0.3, -0.25) is 4.79 Å². The summed E-state index contributed by atoms with van der Waals surface area (Å²) < 4.78 is 0. The molecule has 1 aliphatic rings. The molecule has 84 valence electrons. The van der Waals surface area contributed by atoms with Crippen molar-refractivity contribution < 1.29 is 4.79 Å². The van der Waals surface area contributed by atoms with Gasteiger partial charge in [0, 0.05) is 26.1 Å². The van der Waals surface area contributed by atoms with E-state index in [0.29, 0.717) is 13.0 Å². The van der Waals surface area contributed by atoms with E-state index in [4.69, 9.17) is 0 Å². The molecule has 0 aromatic rings. The number of amides is 1. The molecule has 0 unspecified atom stereocenters. The minimum Gasteiger partial charge on any atom is -0.343 e. The summed E-state index contributed by atoms with van der Waals surface area (Å²) in [6.45, 7) is 5.15. The monoisotopic (exact) mass is 208 g/mol. The van der Waals surface area contributed by atoms with Gasteiger partial charge in [0.05, 0.1) is 6.54 Å². The Hall–Kier alpha value is -1.01. The zero-order valence-electron chi connectivity index (χ0n) is 9.51. The Morgan fingerprint density at radius 1 is 1.33 bits per heavy atom. The lowest BCUT2D eigenvalue weighted by Gasteiger charge is -2.26. The fourth-order valence-corrected chi connectivity index (χ4v) is 1.74. The van der Waals surface area contributed by atoms with Crippen LogP contribution in [0.3, 0.4) is 0 Å². The lowest BCUT2D eigenvalue weighted by atomic mass is 10.1. The summed E-state index contributed by atoms with van der Waals surface area (Å²) in [6.07, 6.45) is 4.21. The Kier molecular flexibility index (Phi) is 5.87. The molecule has 15 heavy (non-hydrogen) atoms. The highest BCUT2D eigenvalue weighted by molar-refractivity contribution is 5.76. The Morgan fingerprint density at radius 3 is 2.73 bits per heavy atom. The highest BCUT2D eigenvalue weighted by Crippen LogP contribution is 2.09. The van der Waals surface area contributed by atoms with Crippen LogP contribution in [0.4, 0.5) is 0 Å². The van der Waals surface area contributed by atoms with E-state index in [0.717, 1.165) is 19.6 Å². The van der Waals surface area contributed by atoms with Crippen LogP contribution in [0.15, 0.2) is 0 Å². The van der Waals surface area contributed by atoms with Crippen LogP contribution in [-0.4, -0.2) is 37.0 Å². The SMILES string of the molecule is CC#CCNCCC(=O)N1CCCCC1. The van der Waals surface area contributed by atoms with E-state index in [-0.39, 0.29) is 5.91 Å². The molecule has 1 heterocycles. The molecule has 0 saturated carbocycles. The van der Waals surface area contributed by atoms with Gasteiger partial charge in [0.15, 0.2) is 0 Å². The summed E-state index contributed by atoms with van der Waals surface area (Å²) in [7, 11) is 0. The van der Waals surface area contributed by atoms with Crippen molar-refractivity contribution in [3.63, 3.8) is 0 Å². The van der Waals surface area contributed by atoms with Gasteiger partial charge in [-0.05, 0) is 26.2 Å². The van der Waals surface area contributed by atoms with Crippen molar-refractivity contribution in [1.82, 2.24) is 10.2 Å². The zero-order valence-corrected chi connectivity index (χ0v) is 9.51. The van der Waals surface area contributed by atoms with Crippen molar-refractivity contribution in [1.29, 1.82) is 0 Å². The molecule has 0 spiro atoms. The van der Waals surface area contributed by atoms with Crippen LogP contribution in [0, 0.1) is 11.8 Å². The molecule has 3 heteroatoms. The van der Waals surface area contributed by atoms with Crippen LogP contribution >= 0.6 is 0 Å². The fraction of sp³-hybridized carbons (Fsp3) is 0.750. The van der Waals surface area contributed by atoms with Gasteiger partial charge < -0.3 is 10.2 Å². The van der Waals surface area contributed by atoms with Crippen LogP contribution in [0.1, 0.15) is 32.6 Å². The molecule has 1 saturated heterocycles. The normalized spacial score (nSPS) is 15.7. The third-order valence-electron chi connectivity index (χ3n) is 2.61. The highest BCUT2D eigenvalue weighted by Gasteiger charge is 2.15. The predicted octanol–water partition coefficient (Wildman–Crippen LogP) is 1.00. The Morgan fingerprint density at radius 2 is 2.07 bits per heavy atom. The van der Waals surface area contributed by atoms with Crippen LogP contribution in [0.2, 0.25) is 0 Å². The molecular formula is C12H20N2O. The number of carbonyl (C=O) groups is 1. The van der Waals surface area contributed by atoms with E-state index in [2.05, 4.69) is 17.2 Å². The Bertz CT molecular complexity index is 246. The number of carbonyl (C=O) groups excluding carboxylic acids is 1. The maximum atomic E-state index is 11.7. The first-order valence-electron chi connectivity index (χ1n) is 5.72. The van der Waals surface area contributed by atoms with Crippen molar-refractivity contribution >= 4 is 5.91 Å². The van der Waals surface area contributed by atoms with Crippen molar-refractivity contribution in [2.24, 2.45) is 0 Å². The molecule has 1 N–H and O–H groups in total. The van der Waals surface area contributed by atoms with Crippen LogP contribution in [0.5, 0.6) is 0 Å². The van der Waals surface area contributed by atoms with Crippen molar-refractivity contribution in [2.75, 3.05) is 26.2 Å². The molecule has 1 amide bonds. The molecule has 1 aliphatic heterocycles. The number of hydrogen-bond donors (Lipinski definition) is 1. The molecule has 0 atom stereocenters. The summed E-state index contributed by atoms with van der Waals surface area (Å²) in [6, 6.07) is 0. The Labute approximate surface area is 92.2 Å². The maximum absolute atomic E-state index is 11.7. The lowest BCUT2D eigenvalue weighted by Crippen LogP contribution is -2.37. The molecule has 0 aromatic carbocycles. The first-order chi connectivity index (χ1) is 7.34. The van der Waals surface area contributed by atoms with Gasteiger partial charge in [0.25, 0.3) is 0 Å². The molecule has 0 aliphatic carbocycles. The predicted molar refractivity (Wildman–Crippen MR) is 61.4 cm³/mol. The van der Waals surface area contributed by atoms with Gasteiger partial charge in [-0.25, -0.2) is 0 Å². The summed E-state index contributed by atoms with van der Waals surface area (Å²) in [5.41, 5.74) is 0.